The molecule has 0 atom stereocenters. The van der Waals surface area contributed by atoms with Crippen molar-refractivity contribution in [1.82, 2.24) is 4.31 Å². The van der Waals surface area contributed by atoms with Gasteiger partial charge in [-0.1, -0.05) is 25.1 Å². The normalized spacial score (nSPS) is 16.3. The van der Waals surface area contributed by atoms with Crippen LogP contribution in [-0.4, -0.2) is 37.4 Å². The predicted octanol–water partition coefficient (Wildman–Crippen LogP) is 1.91. The van der Waals surface area contributed by atoms with Crippen LogP contribution in [-0.2, 0) is 10.0 Å². The minimum atomic E-state index is -3.59. The largest absolute Gasteiger partial charge is 0.497 e. The lowest BCUT2D eigenvalue weighted by Crippen LogP contribution is -2.43. The summed E-state index contributed by atoms with van der Waals surface area (Å²) in [5.74, 6) is 0.621. The molecular formula is C14H20N2O3S2. The van der Waals surface area contributed by atoms with Gasteiger partial charge in [-0.25, -0.2) is 8.42 Å². The average molecular weight is 328 g/mol. The molecule has 116 valence electrons. The van der Waals surface area contributed by atoms with Gasteiger partial charge in [-0.05, 0) is 37.1 Å². The second-order valence-corrected chi connectivity index (χ2v) is 7.55. The number of nitrogens with two attached hydrogens (primary N) is 1. The molecule has 5 nitrogen and oxygen atoms in total. The Morgan fingerprint density at radius 2 is 1.90 bits per heavy atom. The van der Waals surface area contributed by atoms with E-state index in [1.807, 2.05) is 0 Å². The number of sulfonamides is 1. The summed E-state index contributed by atoms with van der Waals surface area (Å²) in [6.07, 6.45) is 3.79. The zero-order valence-electron chi connectivity index (χ0n) is 12.0. The summed E-state index contributed by atoms with van der Waals surface area (Å²) in [5, 5.41) is 0. The maximum absolute atomic E-state index is 12.8. The number of nitrogens with zero attached hydrogens (tertiary/aromatic N) is 1. The molecule has 0 radical (unpaired) electrons. The molecule has 0 heterocycles. The molecule has 2 N–H and O–H groups in total. The summed E-state index contributed by atoms with van der Waals surface area (Å²) in [4.78, 5) is 0.436. The van der Waals surface area contributed by atoms with Crippen molar-refractivity contribution in [3.63, 3.8) is 0 Å². The number of ether oxygens (including phenoxy) is 1. The summed E-state index contributed by atoms with van der Waals surface area (Å²) < 4.78 is 32.2. The van der Waals surface area contributed by atoms with Crippen LogP contribution in [0, 0.1) is 0 Å². The lowest BCUT2D eigenvalue weighted by atomic mass is 10.2. The van der Waals surface area contributed by atoms with Crippen LogP contribution in [0.2, 0.25) is 0 Å². The fourth-order valence-corrected chi connectivity index (χ4v) is 4.52. The van der Waals surface area contributed by atoms with Gasteiger partial charge < -0.3 is 10.5 Å². The van der Waals surface area contributed by atoms with Crippen molar-refractivity contribution >= 4 is 27.2 Å². The third-order valence-corrected chi connectivity index (χ3v) is 5.75. The number of benzene rings is 1. The molecule has 0 amide bonds. The Kier molecular flexibility index (Phi) is 5.18. The standard InChI is InChI=1S/C14H20N2O3S2/c1-19-12-6-8-13(9-7-12)21(17,18)16(10-14(15)20)11-4-2-3-5-11/h6-9,11H,2-5,10H2,1H3,(H2,15,20). The molecule has 0 bridgehead atoms. The maximum Gasteiger partial charge on any atom is 0.243 e. The Hall–Kier alpha value is -1.18. The van der Waals surface area contributed by atoms with Crippen LogP contribution in [0.4, 0.5) is 0 Å². The lowest BCUT2D eigenvalue weighted by Gasteiger charge is -2.27. The minimum absolute atomic E-state index is 0.0152. The van der Waals surface area contributed by atoms with Crippen molar-refractivity contribution in [1.29, 1.82) is 0 Å². The summed E-state index contributed by atoms with van der Waals surface area (Å²) in [7, 11) is -2.05. The van der Waals surface area contributed by atoms with E-state index in [0.29, 0.717) is 5.75 Å². The van der Waals surface area contributed by atoms with Gasteiger partial charge in [0.25, 0.3) is 0 Å². The second kappa shape index (κ2) is 6.72. The molecular weight excluding hydrogens is 308 g/mol. The molecule has 0 saturated heterocycles. The zero-order valence-corrected chi connectivity index (χ0v) is 13.6. The van der Waals surface area contributed by atoms with E-state index < -0.39 is 10.0 Å². The molecule has 0 aromatic heterocycles. The smallest absolute Gasteiger partial charge is 0.243 e. The highest BCUT2D eigenvalue weighted by atomic mass is 32.2. The fourth-order valence-electron chi connectivity index (χ4n) is 2.64. The second-order valence-electron chi connectivity index (χ2n) is 5.13. The Bertz CT molecular complexity index is 593. The van der Waals surface area contributed by atoms with Crippen molar-refractivity contribution in [2.75, 3.05) is 13.7 Å². The lowest BCUT2D eigenvalue weighted by molar-refractivity contribution is 0.355. The van der Waals surface area contributed by atoms with Gasteiger partial charge in [0.2, 0.25) is 10.0 Å². The number of hydrogen-bond acceptors (Lipinski definition) is 4. The van der Waals surface area contributed by atoms with E-state index in [9.17, 15) is 8.42 Å². The van der Waals surface area contributed by atoms with Crippen LogP contribution in [0.5, 0.6) is 5.75 Å². The van der Waals surface area contributed by atoms with Gasteiger partial charge in [-0.3, -0.25) is 0 Å². The molecule has 0 unspecified atom stereocenters. The van der Waals surface area contributed by atoms with Crippen LogP contribution < -0.4 is 10.5 Å². The SMILES string of the molecule is COc1ccc(S(=O)(=O)N(CC(N)=S)C2CCCC2)cc1. The maximum atomic E-state index is 12.8. The first kappa shape index (κ1) is 16.2. The van der Waals surface area contributed by atoms with E-state index >= 15 is 0 Å². The van der Waals surface area contributed by atoms with Crippen molar-refractivity contribution < 1.29 is 13.2 Å². The molecule has 1 saturated carbocycles. The summed E-state index contributed by atoms with van der Waals surface area (Å²) in [6.45, 7) is 0.0916. The quantitative estimate of drug-likeness (QED) is 0.808. The summed E-state index contributed by atoms with van der Waals surface area (Å²) in [6, 6.07) is 6.37. The number of thiocarbonyl (C=S) groups is 1. The third-order valence-electron chi connectivity index (χ3n) is 3.71. The van der Waals surface area contributed by atoms with Gasteiger partial charge in [0, 0.05) is 6.04 Å². The predicted molar refractivity (Wildman–Crippen MR) is 85.9 cm³/mol. The molecule has 1 aliphatic rings. The molecule has 1 aromatic rings. The van der Waals surface area contributed by atoms with Gasteiger partial charge in [0.15, 0.2) is 0 Å². The van der Waals surface area contributed by atoms with E-state index in [0.717, 1.165) is 25.7 Å². The first-order valence-electron chi connectivity index (χ1n) is 6.89. The first-order valence-corrected chi connectivity index (χ1v) is 8.74. The van der Waals surface area contributed by atoms with Crippen molar-refractivity contribution in [3.05, 3.63) is 24.3 Å². The summed E-state index contributed by atoms with van der Waals surface area (Å²) in [5.41, 5.74) is 5.59. The van der Waals surface area contributed by atoms with Gasteiger partial charge >= 0.3 is 0 Å². The van der Waals surface area contributed by atoms with E-state index in [4.69, 9.17) is 22.7 Å². The molecule has 1 aromatic carbocycles. The molecule has 0 aliphatic heterocycles. The first-order chi connectivity index (χ1) is 9.95. The van der Waals surface area contributed by atoms with Gasteiger partial charge in [0.1, 0.15) is 5.75 Å². The third kappa shape index (κ3) is 3.72. The van der Waals surface area contributed by atoms with Gasteiger partial charge in [0.05, 0.1) is 23.5 Å². The molecule has 2 rings (SSSR count). The van der Waals surface area contributed by atoms with E-state index in [2.05, 4.69) is 0 Å². The summed E-state index contributed by atoms with van der Waals surface area (Å²) >= 11 is 4.92. The molecule has 7 heteroatoms. The molecule has 1 aliphatic carbocycles. The highest BCUT2D eigenvalue weighted by Gasteiger charge is 2.33. The van der Waals surface area contributed by atoms with Crippen LogP contribution in [0.3, 0.4) is 0 Å². The molecule has 0 spiro atoms. The Balaban J connectivity index is 2.32. The van der Waals surface area contributed by atoms with Gasteiger partial charge in [-0.15, -0.1) is 0 Å². The monoisotopic (exact) mass is 328 g/mol. The minimum Gasteiger partial charge on any atom is -0.497 e. The zero-order chi connectivity index (χ0) is 15.5. The van der Waals surface area contributed by atoms with E-state index in [1.165, 1.54) is 4.31 Å². The average Bonchev–Trinajstić information content (AvgIpc) is 2.98. The Labute approximate surface area is 131 Å². The van der Waals surface area contributed by atoms with Crippen LogP contribution in [0.25, 0.3) is 0 Å². The van der Waals surface area contributed by atoms with Crippen LogP contribution in [0.15, 0.2) is 29.2 Å². The number of rotatable bonds is 6. The van der Waals surface area contributed by atoms with Crippen LogP contribution in [0.1, 0.15) is 25.7 Å². The number of hydrogen-bond donors (Lipinski definition) is 1. The molecule has 1 fully saturated rings. The van der Waals surface area contributed by atoms with Crippen molar-refractivity contribution in [2.45, 2.75) is 36.6 Å². The fraction of sp³-hybridized carbons (Fsp3) is 0.500. The van der Waals surface area contributed by atoms with Crippen molar-refractivity contribution in [2.24, 2.45) is 5.73 Å². The topological polar surface area (TPSA) is 72.6 Å². The van der Waals surface area contributed by atoms with E-state index in [-0.39, 0.29) is 22.5 Å². The highest BCUT2D eigenvalue weighted by Crippen LogP contribution is 2.29. The highest BCUT2D eigenvalue weighted by molar-refractivity contribution is 7.89. The molecule has 21 heavy (non-hydrogen) atoms. The van der Waals surface area contributed by atoms with Crippen LogP contribution >= 0.6 is 12.2 Å². The van der Waals surface area contributed by atoms with E-state index in [1.54, 1.807) is 31.4 Å². The van der Waals surface area contributed by atoms with Crippen molar-refractivity contribution in [3.8, 4) is 5.75 Å². The Morgan fingerprint density at radius 1 is 1.33 bits per heavy atom. The Morgan fingerprint density at radius 3 is 2.38 bits per heavy atom. The van der Waals surface area contributed by atoms with Gasteiger partial charge in [-0.2, -0.15) is 4.31 Å². The number of methoxy groups -OCH3 is 1.